The van der Waals surface area contributed by atoms with Crippen molar-refractivity contribution in [1.29, 1.82) is 0 Å². The van der Waals surface area contributed by atoms with Gasteiger partial charge < -0.3 is 8.23 Å². The lowest BCUT2D eigenvalue weighted by Crippen LogP contribution is -2.48. The zero-order valence-corrected chi connectivity index (χ0v) is 13.3. The van der Waals surface area contributed by atoms with Gasteiger partial charge in [-0.3, -0.25) is 0 Å². The molecule has 0 aliphatic rings. The molecule has 0 aromatic carbocycles. The van der Waals surface area contributed by atoms with Crippen LogP contribution in [0, 0.1) is 0 Å². The highest BCUT2D eigenvalue weighted by molar-refractivity contribution is 6.85. The van der Waals surface area contributed by atoms with Gasteiger partial charge in [-0.1, -0.05) is 12.6 Å². The predicted octanol–water partition coefficient (Wildman–Crippen LogP) is 3.29. The fourth-order valence-electron chi connectivity index (χ4n) is 1.19. The third-order valence-electron chi connectivity index (χ3n) is 2.07. The van der Waals surface area contributed by atoms with Crippen molar-refractivity contribution in [3.8, 4) is 0 Å². The van der Waals surface area contributed by atoms with Gasteiger partial charge in [-0.15, -0.1) is 6.58 Å². The molecule has 0 unspecified atom stereocenters. The van der Waals surface area contributed by atoms with Crippen molar-refractivity contribution < 1.29 is 8.23 Å². The van der Waals surface area contributed by atoms with Gasteiger partial charge in [-0.05, 0) is 38.8 Å². The Morgan fingerprint density at radius 1 is 1.29 bits per heavy atom. The molecule has 0 atom stereocenters. The third-order valence-corrected chi connectivity index (χ3v) is 11.8. The molecule has 0 N–H and O–H groups in total. The number of rotatable bonds is 6. The number of hydrogen-bond donors (Lipinski definition) is 0. The van der Waals surface area contributed by atoms with E-state index in [1.807, 2.05) is 5.70 Å². The van der Waals surface area contributed by atoms with Crippen molar-refractivity contribution in [3.05, 3.63) is 12.3 Å². The van der Waals surface area contributed by atoms with Crippen molar-refractivity contribution in [2.45, 2.75) is 45.7 Å². The molecule has 0 spiro atoms. The summed E-state index contributed by atoms with van der Waals surface area (Å²) < 4.78 is 12.1. The summed E-state index contributed by atoms with van der Waals surface area (Å²) in [6, 6.07) is 1.15. The normalized spacial score (nSPS) is 13.4. The molecule has 0 aliphatic heterocycles. The van der Waals surface area contributed by atoms with Crippen LogP contribution in [-0.2, 0) is 8.23 Å². The molecule has 2 nitrogen and oxygen atoms in total. The second-order valence-electron chi connectivity index (χ2n) is 4.53. The van der Waals surface area contributed by atoms with Gasteiger partial charge in [0.2, 0.25) is 9.04 Å². The standard InChI is InChI=1S/C9H23O2Si3/c1-8-12(3)10-14(6,7)11-13(4,5)9-2/h8H,1,9H2,2-7H3. The van der Waals surface area contributed by atoms with Crippen LogP contribution >= 0.6 is 0 Å². The van der Waals surface area contributed by atoms with E-state index in [0.29, 0.717) is 0 Å². The van der Waals surface area contributed by atoms with Gasteiger partial charge in [-0.2, -0.15) is 0 Å². The second kappa shape index (κ2) is 5.41. The molecular formula is C9H23O2Si3. The summed E-state index contributed by atoms with van der Waals surface area (Å²) in [6.07, 6.45) is 0. The minimum Gasteiger partial charge on any atom is -0.437 e. The van der Waals surface area contributed by atoms with Crippen molar-refractivity contribution in [2.24, 2.45) is 0 Å². The molecule has 5 heteroatoms. The highest BCUT2D eigenvalue weighted by Crippen LogP contribution is 2.19. The first-order valence-corrected chi connectivity index (χ1v) is 13.0. The van der Waals surface area contributed by atoms with Crippen LogP contribution in [0.4, 0.5) is 0 Å². The molecule has 0 saturated carbocycles. The Balaban J connectivity index is 4.26. The van der Waals surface area contributed by atoms with Crippen LogP contribution in [0.2, 0.25) is 38.8 Å². The van der Waals surface area contributed by atoms with Gasteiger partial charge in [0, 0.05) is 0 Å². The third kappa shape index (κ3) is 5.92. The first-order chi connectivity index (χ1) is 6.22. The minimum absolute atomic E-state index is 0.843. The Bertz CT molecular complexity index is 192. The highest BCUT2D eigenvalue weighted by atomic mass is 28.5. The van der Waals surface area contributed by atoms with Crippen molar-refractivity contribution in [3.63, 3.8) is 0 Å². The highest BCUT2D eigenvalue weighted by Gasteiger charge is 2.34. The lowest BCUT2D eigenvalue weighted by molar-refractivity contribution is 0.403. The van der Waals surface area contributed by atoms with E-state index in [1.165, 1.54) is 0 Å². The molecule has 0 amide bonds. The molecule has 0 rings (SSSR count). The zero-order chi connectivity index (χ0) is 11.4. The lowest BCUT2D eigenvalue weighted by atomic mass is 11.0. The SMILES string of the molecule is C=C[Si](C)O[Si](C)(C)O[Si](C)(C)CC. The smallest absolute Gasteiger partial charge is 0.311 e. The lowest BCUT2D eigenvalue weighted by Gasteiger charge is -2.33. The molecule has 0 aliphatic carbocycles. The molecular weight excluding hydrogens is 224 g/mol. The van der Waals surface area contributed by atoms with E-state index in [2.05, 4.69) is 46.2 Å². The molecule has 0 heterocycles. The van der Waals surface area contributed by atoms with Crippen LogP contribution in [0.5, 0.6) is 0 Å². The van der Waals surface area contributed by atoms with Crippen molar-refractivity contribution in [1.82, 2.24) is 0 Å². The Kier molecular flexibility index (Phi) is 5.53. The minimum atomic E-state index is -1.91. The van der Waals surface area contributed by atoms with Crippen molar-refractivity contribution >= 4 is 25.9 Å². The number of hydrogen-bond acceptors (Lipinski definition) is 2. The van der Waals surface area contributed by atoms with Gasteiger partial charge in [0.15, 0.2) is 8.32 Å². The summed E-state index contributed by atoms with van der Waals surface area (Å²) >= 11 is 0. The molecule has 0 aromatic rings. The van der Waals surface area contributed by atoms with Gasteiger partial charge in [0.1, 0.15) is 0 Å². The second-order valence-corrected chi connectivity index (χ2v) is 14.8. The van der Waals surface area contributed by atoms with E-state index in [-0.39, 0.29) is 0 Å². The molecule has 1 radical (unpaired) electrons. The first kappa shape index (κ1) is 14.3. The van der Waals surface area contributed by atoms with Crippen LogP contribution in [-0.4, -0.2) is 25.9 Å². The summed E-state index contributed by atoms with van der Waals surface area (Å²) in [4.78, 5) is 0. The average Bonchev–Trinajstić information content (AvgIpc) is 2.01. The summed E-state index contributed by atoms with van der Waals surface area (Å²) in [5.41, 5.74) is 1.92. The van der Waals surface area contributed by atoms with Crippen LogP contribution in [0.3, 0.4) is 0 Å². The maximum absolute atomic E-state index is 6.18. The zero-order valence-electron chi connectivity index (χ0n) is 10.3. The van der Waals surface area contributed by atoms with E-state index >= 15 is 0 Å². The van der Waals surface area contributed by atoms with E-state index in [0.717, 1.165) is 6.04 Å². The largest absolute Gasteiger partial charge is 0.437 e. The Hall–Kier alpha value is 0.311. The first-order valence-electron chi connectivity index (χ1n) is 5.07. The maximum Gasteiger partial charge on any atom is 0.311 e. The Morgan fingerprint density at radius 3 is 2.14 bits per heavy atom. The monoisotopic (exact) mass is 247 g/mol. The van der Waals surface area contributed by atoms with Crippen LogP contribution < -0.4 is 0 Å². The van der Waals surface area contributed by atoms with Crippen LogP contribution in [0.25, 0.3) is 0 Å². The Labute approximate surface area is 92.4 Å². The molecule has 0 aromatic heterocycles. The van der Waals surface area contributed by atoms with Gasteiger partial charge in [0.05, 0.1) is 0 Å². The topological polar surface area (TPSA) is 18.5 Å². The summed E-state index contributed by atoms with van der Waals surface area (Å²) in [5.74, 6) is 0. The summed E-state index contributed by atoms with van der Waals surface area (Å²) in [7, 11) is -4.22. The average molecular weight is 248 g/mol. The molecule has 83 valence electrons. The molecule has 14 heavy (non-hydrogen) atoms. The van der Waals surface area contributed by atoms with Crippen molar-refractivity contribution in [2.75, 3.05) is 0 Å². The maximum atomic E-state index is 6.18. The predicted molar refractivity (Wildman–Crippen MR) is 69.4 cm³/mol. The van der Waals surface area contributed by atoms with E-state index < -0.39 is 25.9 Å². The fraction of sp³-hybridized carbons (Fsp3) is 0.778. The quantitative estimate of drug-likeness (QED) is 0.671. The fourth-order valence-corrected chi connectivity index (χ4v) is 11.1. The molecule has 0 bridgehead atoms. The van der Waals surface area contributed by atoms with Crippen LogP contribution in [0.1, 0.15) is 6.92 Å². The summed E-state index contributed by atoms with van der Waals surface area (Å²) in [5, 5.41) is 0. The van der Waals surface area contributed by atoms with E-state index in [9.17, 15) is 0 Å². The van der Waals surface area contributed by atoms with Gasteiger partial charge in [-0.25, -0.2) is 0 Å². The van der Waals surface area contributed by atoms with Crippen LogP contribution in [0.15, 0.2) is 12.3 Å². The van der Waals surface area contributed by atoms with Gasteiger partial charge in [0.25, 0.3) is 0 Å². The van der Waals surface area contributed by atoms with E-state index in [1.54, 1.807) is 0 Å². The Morgan fingerprint density at radius 2 is 1.79 bits per heavy atom. The molecule has 0 fully saturated rings. The molecule has 0 saturated heterocycles. The van der Waals surface area contributed by atoms with Gasteiger partial charge >= 0.3 is 8.56 Å². The van der Waals surface area contributed by atoms with E-state index in [4.69, 9.17) is 8.23 Å². The summed E-state index contributed by atoms with van der Waals surface area (Å²) in [6.45, 7) is 16.8.